The molecule has 0 radical (unpaired) electrons. The van der Waals surface area contributed by atoms with E-state index in [0.717, 1.165) is 0 Å². The van der Waals surface area contributed by atoms with Crippen molar-refractivity contribution < 1.29 is 19.4 Å². The highest BCUT2D eigenvalue weighted by Gasteiger charge is 2.18. The van der Waals surface area contributed by atoms with E-state index in [1.165, 1.54) is 29.7 Å². The van der Waals surface area contributed by atoms with Crippen LogP contribution in [0.25, 0.3) is 0 Å². The van der Waals surface area contributed by atoms with Crippen molar-refractivity contribution in [3.63, 3.8) is 0 Å². The monoisotopic (exact) mass is 394 g/mol. The van der Waals surface area contributed by atoms with E-state index in [1.54, 1.807) is 5.38 Å². The molecule has 1 saturated heterocycles. The quantitative estimate of drug-likeness (QED) is 0.785. The van der Waals surface area contributed by atoms with Gasteiger partial charge in [-0.15, -0.1) is 11.3 Å². The van der Waals surface area contributed by atoms with Crippen LogP contribution in [0.2, 0.25) is 0 Å². The lowest BCUT2D eigenvalue weighted by atomic mass is 10.3. The molecule has 0 aromatic carbocycles. The average Bonchev–Trinajstić information content (AvgIpc) is 2.76. The summed E-state index contributed by atoms with van der Waals surface area (Å²) in [6, 6.07) is 2.53. The molecule has 2 aromatic heterocycles. The highest BCUT2D eigenvalue weighted by Crippen LogP contribution is 2.19. The Balaban J connectivity index is 1.68. The van der Waals surface area contributed by atoms with Gasteiger partial charge in [-0.05, 0) is 11.4 Å². The molecule has 1 aliphatic rings. The number of rotatable bonds is 4. The van der Waals surface area contributed by atoms with Crippen LogP contribution in [0.5, 0.6) is 11.5 Å². The van der Waals surface area contributed by atoms with Crippen molar-refractivity contribution in [3.05, 3.63) is 54.9 Å². The second kappa shape index (κ2) is 9.14. The molecule has 0 unspecified atom stereocenters. The average molecular weight is 394 g/mol. The molecule has 0 amide bonds. The van der Waals surface area contributed by atoms with Crippen LogP contribution in [0.4, 0.5) is 0 Å². The van der Waals surface area contributed by atoms with E-state index in [9.17, 15) is 19.8 Å². The summed E-state index contributed by atoms with van der Waals surface area (Å²) in [5.41, 5.74) is -0.840. The number of aromatic hydroxyl groups is 2. The van der Waals surface area contributed by atoms with Crippen molar-refractivity contribution >= 4 is 11.3 Å². The molecule has 0 bridgehead atoms. The standard InChI is InChI=1S/C18H22N2O6S/c21-13-1-7-26-15(17(13)23)11-19-3-4-20(6-9-25-8-5-19)12-16-18(24)14(22)2-10-27-16/h1-2,7,10,23-24H,3-6,8-9,11-12H2. The molecule has 0 aliphatic carbocycles. The zero-order valence-electron chi connectivity index (χ0n) is 14.8. The van der Waals surface area contributed by atoms with Gasteiger partial charge in [0.05, 0.1) is 30.9 Å². The summed E-state index contributed by atoms with van der Waals surface area (Å²) in [5.74, 6) is -0.336. The lowest BCUT2D eigenvalue weighted by Crippen LogP contribution is -2.35. The first-order chi connectivity index (χ1) is 13.0. The van der Waals surface area contributed by atoms with Crippen molar-refractivity contribution in [1.82, 2.24) is 9.80 Å². The Labute approximate surface area is 159 Å². The first-order valence-electron chi connectivity index (χ1n) is 8.66. The Kier molecular flexibility index (Phi) is 6.62. The third-order valence-corrected chi connectivity index (χ3v) is 5.30. The topological polar surface area (TPSA) is 103 Å². The van der Waals surface area contributed by atoms with Gasteiger partial charge in [0, 0.05) is 38.8 Å². The molecule has 1 fully saturated rings. The van der Waals surface area contributed by atoms with E-state index in [-0.39, 0.29) is 22.7 Å². The molecule has 1 aliphatic heterocycles. The van der Waals surface area contributed by atoms with Crippen LogP contribution in [0, 0.1) is 0 Å². The molecule has 8 nitrogen and oxygen atoms in total. The van der Waals surface area contributed by atoms with Crippen LogP contribution < -0.4 is 10.9 Å². The zero-order chi connectivity index (χ0) is 19.2. The minimum atomic E-state index is -0.465. The van der Waals surface area contributed by atoms with Crippen LogP contribution in [-0.2, 0) is 17.8 Å². The lowest BCUT2D eigenvalue weighted by Gasteiger charge is -2.25. The molecule has 0 spiro atoms. The zero-order valence-corrected chi connectivity index (χ0v) is 15.6. The molecule has 3 heterocycles. The number of hydrogen-bond acceptors (Lipinski definition) is 9. The molecule has 2 N–H and O–H groups in total. The lowest BCUT2D eigenvalue weighted by molar-refractivity contribution is 0.101. The molecule has 0 saturated carbocycles. The first kappa shape index (κ1) is 19.6. The normalized spacial score (nSPS) is 17.2. The van der Waals surface area contributed by atoms with Gasteiger partial charge in [-0.25, -0.2) is 0 Å². The summed E-state index contributed by atoms with van der Waals surface area (Å²) < 4.78 is 10.9. The van der Waals surface area contributed by atoms with Crippen molar-refractivity contribution in [2.24, 2.45) is 0 Å². The highest BCUT2D eigenvalue weighted by molar-refractivity contribution is 7.09. The molecule has 146 valence electrons. The summed E-state index contributed by atoms with van der Waals surface area (Å²) in [4.78, 5) is 27.9. The second-order valence-corrected chi connectivity index (χ2v) is 7.28. The third kappa shape index (κ3) is 5.16. The Morgan fingerprint density at radius 1 is 0.926 bits per heavy atom. The molecule has 27 heavy (non-hydrogen) atoms. The Morgan fingerprint density at radius 3 is 2.33 bits per heavy atom. The summed E-state index contributed by atoms with van der Waals surface area (Å²) in [6.07, 6.45) is 1.27. The third-order valence-electron chi connectivity index (χ3n) is 4.43. The Morgan fingerprint density at radius 2 is 1.59 bits per heavy atom. The van der Waals surface area contributed by atoms with Crippen LogP contribution in [0.1, 0.15) is 10.6 Å². The fourth-order valence-electron chi connectivity index (χ4n) is 2.84. The molecule has 0 atom stereocenters. The minimum Gasteiger partial charge on any atom is -0.503 e. The van der Waals surface area contributed by atoms with Gasteiger partial charge in [0.1, 0.15) is 0 Å². The van der Waals surface area contributed by atoms with Crippen LogP contribution in [0.3, 0.4) is 0 Å². The minimum absolute atomic E-state index is 0.198. The SMILES string of the molecule is O=c1ccoc(CN2CCOCCN(Cc3sccc(=O)c3O)CC2)c1O. The van der Waals surface area contributed by atoms with E-state index < -0.39 is 5.43 Å². The largest absolute Gasteiger partial charge is 0.503 e. The van der Waals surface area contributed by atoms with Gasteiger partial charge in [0.15, 0.2) is 11.5 Å². The van der Waals surface area contributed by atoms with Crippen LogP contribution in [0.15, 0.2) is 37.8 Å². The molecular weight excluding hydrogens is 372 g/mol. The predicted molar refractivity (Wildman–Crippen MR) is 100 cm³/mol. The fraction of sp³-hybridized carbons (Fsp3) is 0.444. The summed E-state index contributed by atoms with van der Waals surface area (Å²) in [7, 11) is 0. The van der Waals surface area contributed by atoms with E-state index in [2.05, 4.69) is 4.90 Å². The van der Waals surface area contributed by atoms with E-state index >= 15 is 0 Å². The maximum absolute atomic E-state index is 11.6. The van der Waals surface area contributed by atoms with Crippen molar-refractivity contribution in [2.45, 2.75) is 13.1 Å². The fourth-order valence-corrected chi connectivity index (χ4v) is 3.67. The smallest absolute Gasteiger partial charge is 0.226 e. The van der Waals surface area contributed by atoms with Gasteiger partial charge in [-0.2, -0.15) is 0 Å². The summed E-state index contributed by atoms with van der Waals surface area (Å²) in [6.45, 7) is 4.46. The van der Waals surface area contributed by atoms with E-state index in [4.69, 9.17) is 9.15 Å². The highest BCUT2D eigenvalue weighted by atomic mass is 32.1. The second-order valence-electron chi connectivity index (χ2n) is 6.28. The van der Waals surface area contributed by atoms with Crippen molar-refractivity contribution in [2.75, 3.05) is 39.4 Å². The summed E-state index contributed by atoms with van der Waals surface area (Å²) in [5, 5.41) is 21.5. The molecule has 3 rings (SSSR count). The van der Waals surface area contributed by atoms with Gasteiger partial charge in [-0.1, -0.05) is 0 Å². The van der Waals surface area contributed by atoms with Gasteiger partial charge < -0.3 is 19.4 Å². The molecule has 9 heteroatoms. The summed E-state index contributed by atoms with van der Waals surface area (Å²) >= 11 is 1.34. The van der Waals surface area contributed by atoms with Gasteiger partial charge in [-0.3, -0.25) is 19.4 Å². The number of nitrogens with zero attached hydrogens (tertiary/aromatic N) is 2. The van der Waals surface area contributed by atoms with E-state index in [0.29, 0.717) is 57.4 Å². The number of hydrogen-bond donors (Lipinski definition) is 2. The maximum atomic E-state index is 11.6. The molecule has 2 aromatic rings. The molecular formula is C18H22N2O6S. The Bertz CT molecular complexity index is 809. The van der Waals surface area contributed by atoms with Gasteiger partial charge in [0.2, 0.25) is 16.6 Å². The van der Waals surface area contributed by atoms with Crippen molar-refractivity contribution in [3.8, 4) is 11.5 Å². The van der Waals surface area contributed by atoms with Gasteiger partial charge in [0.25, 0.3) is 0 Å². The number of ether oxygens (including phenoxy) is 1. The van der Waals surface area contributed by atoms with E-state index in [1.807, 2.05) is 4.90 Å². The first-order valence-corrected chi connectivity index (χ1v) is 9.54. The van der Waals surface area contributed by atoms with Crippen LogP contribution >= 0.6 is 11.3 Å². The van der Waals surface area contributed by atoms with Crippen molar-refractivity contribution in [1.29, 1.82) is 0 Å². The van der Waals surface area contributed by atoms with Crippen LogP contribution in [-0.4, -0.2) is 59.4 Å². The van der Waals surface area contributed by atoms with Gasteiger partial charge >= 0.3 is 0 Å². The Hall–Kier alpha value is -2.20. The predicted octanol–water partition coefficient (Wildman–Crippen LogP) is 0.807. The maximum Gasteiger partial charge on any atom is 0.226 e.